The third kappa shape index (κ3) is 3.53. The summed E-state index contributed by atoms with van der Waals surface area (Å²) in [5.74, 6) is 0. The predicted octanol–water partition coefficient (Wildman–Crippen LogP) is 3.91. The molecule has 1 heterocycles. The van der Waals surface area contributed by atoms with Crippen LogP contribution in [0.4, 0.5) is 5.69 Å². The highest BCUT2D eigenvalue weighted by Gasteiger charge is 2.12. The lowest BCUT2D eigenvalue weighted by Gasteiger charge is -2.05. The molecule has 0 aliphatic rings. The standard InChI is InChI=1S/C13H13ClN2O2S/c1-9-4-5-19-13(9)8-15-7-10-2-3-11(14)12(6-10)16(17)18/h2-6,15H,7-8H2,1H3. The minimum absolute atomic E-state index is 0.0479. The maximum atomic E-state index is 10.8. The number of benzene rings is 1. The molecular weight excluding hydrogens is 284 g/mol. The van der Waals surface area contributed by atoms with E-state index in [-0.39, 0.29) is 10.7 Å². The number of hydrogen-bond donors (Lipinski definition) is 1. The minimum Gasteiger partial charge on any atom is -0.308 e. The monoisotopic (exact) mass is 296 g/mol. The van der Waals surface area contributed by atoms with Gasteiger partial charge in [-0.2, -0.15) is 0 Å². The molecule has 4 nitrogen and oxygen atoms in total. The van der Waals surface area contributed by atoms with E-state index in [1.807, 2.05) is 0 Å². The first kappa shape index (κ1) is 14.0. The van der Waals surface area contributed by atoms with Crippen molar-refractivity contribution in [2.45, 2.75) is 20.0 Å². The van der Waals surface area contributed by atoms with Gasteiger partial charge in [0.1, 0.15) is 5.02 Å². The molecule has 19 heavy (non-hydrogen) atoms. The first-order chi connectivity index (χ1) is 9.08. The van der Waals surface area contributed by atoms with E-state index >= 15 is 0 Å². The summed E-state index contributed by atoms with van der Waals surface area (Å²) < 4.78 is 0. The number of nitrogens with zero attached hydrogens (tertiary/aromatic N) is 1. The van der Waals surface area contributed by atoms with Gasteiger partial charge in [0.2, 0.25) is 0 Å². The third-order valence-corrected chi connectivity index (χ3v) is 4.13. The zero-order valence-electron chi connectivity index (χ0n) is 10.4. The molecule has 6 heteroatoms. The lowest BCUT2D eigenvalue weighted by atomic mass is 10.2. The predicted molar refractivity (Wildman–Crippen MR) is 77.7 cm³/mol. The summed E-state index contributed by atoms with van der Waals surface area (Å²) in [4.78, 5) is 11.6. The number of nitrogens with one attached hydrogen (secondary N) is 1. The number of nitro groups is 1. The first-order valence-corrected chi connectivity index (χ1v) is 7.00. The van der Waals surface area contributed by atoms with Gasteiger partial charge >= 0.3 is 0 Å². The van der Waals surface area contributed by atoms with Gasteiger partial charge in [-0.3, -0.25) is 10.1 Å². The van der Waals surface area contributed by atoms with Gasteiger partial charge in [-0.1, -0.05) is 17.7 Å². The van der Waals surface area contributed by atoms with Crippen LogP contribution in [0, 0.1) is 17.0 Å². The van der Waals surface area contributed by atoms with Crippen LogP contribution in [0.5, 0.6) is 0 Å². The van der Waals surface area contributed by atoms with Gasteiger partial charge in [0.05, 0.1) is 4.92 Å². The van der Waals surface area contributed by atoms with Crippen molar-refractivity contribution < 1.29 is 4.92 Å². The summed E-state index contributed by atoms with van der Waals surface area (Å²) in [6.45, 7) is 3.41. The molecule has 0 fully saturated rings. The minimum atomic E-state index is -0.463. The number of aryl methyl sites for hydroxylation is 1. The van der Waals surface area contributed by atoms with Gasteiger partial charge in [0.25, 0.3) is 5.69 Å². The second kappa shape index (κ2) is 6.14. The Labute approximate surface area is 120 Å². The molecule has 100 valence electrons. The van der Waals surface area contributed by atoms with Gasteiger partial charge < -0.3 is 5.32 Å². The molecule has 0 unspecified atom stereocenters. The largest absolute Gasteiger partial charge is 0.308 e. The Morgan fingerprint density at radius 3 is 2.79 bits per heavy atom. The topological polar surface area (TPSA) is 55.2 Å². The van der Waals surface area contributed by atoms with Crippen LogP contribution in [-0.2, 0) is 13.1 Å². The summed E-state index contributed by atoms with van der Waals surface area (Å²) in [6, 6.07) is 6.95. The van der Waals surface area contributed by atoms with E-state index in [4.69, 9.17) is 11.6 Å². The highest BCUT2D eigenvalue weighted by atomic mass is 35.5. The Kier molecular flexibility index (Phi) is 4.52. The normalized spacial score (nSPS) is 10.6. The molecule has 0 bridgehead atoms. The Morgan fingerprint density at radius 1 is 1.37 bits per heavy atom. The van der Waals surface area contributed by atoms with E-state index in [1.54, 1.807) is 23.5 Å². The van der Waals surface area contributed by atoms with Crippen molar-refractivity contribution in [3.05, 3.63) is 60.8 Å². The lowest BCUT2D eigenvalue weighted by Crippen LogP contribution is -2.12. The Balaban J connectivity index is 1.98. The fraction of sp³-hybridized carbons (Fsp3) is 0.231. The number of thiophene rings is 1. The summed E-state index contributed by atoms with van der Waals surface area (Å²) >= 11 is 7.47. The number of hydrogen-bond acceptors (Lipinski definition) is 4. The summed E-state index contributed by atoms with van der Waals surface area (Å²) in [5, 5.41) is 16.3. The van der Waals surface area contributed by atoms with Crippen molar-refractivity contribution in [2.24, 2.45) is 0 Å². The van der Waals surface area contributed by atoms with E-state index < -0.39 is 4.92 Å². The van der Waals surface area contributed by atoms with Gasteiger partial charge in [0.15, 0.2) is 0 Å². The van der Waals surface area contributed by atoms with E-state index in [0.29, 0.717) is 6.54 Å². The Morgan fingerprint density at radius 2 is 2.16 bits per heavy atom. The molecule has 1 N–H and O–H groups in total. The number of nitro benzene ring substituents is 1. The van der Waals surface area contributed by atoms with Crippen LogP contribution in [0.3, 0.4) is 0 Å². The molecule has 1 aromatic carbocycles. The van der Waals surface area contributed by atoms with Crippen molar-refractivity contribution in [3.63, 3.8) is 0 Å². The van der Waals surface area contributed by atoms with Crippen LogP contribution in [-0.4, -0.2) is 4.92 Å². The fourth-order valence-electron chi connectivity index (χ4n) is 1.71. The highest BCUT2D eigenvalue weighted by molar-refractivity contribution is 7.10. The molecule has 0 radical (unpaired) electrons. The summed E-state index contributed by atoms with van der Waals surface area (Å²) in [6.07, 6.45) is 0. The van der Waals surface area contributed by atoms with Crippen molar-refractivity contribution in [2.75, 3.05) is 0 Å². The average molecular weight is 297 g/mol. The summed E-state index contributed by atoms with van der Waals surface area (Å²) in [7, 11) is 0. The number of rotatable bonds is 5. The molecule has 0 atom stereocenters. The van der Waals surface area contributed by atoms with Crippen molar-refractivity contribution in [1.29, 1.82) is 0 Å². The Hall–Kier alpha value is -1.43. The quantitative estimate of drug-likeness (QED) is 0.672. The van der Waals surface area contributed by atoms with Crippen molar-refractivity contribution >= 4 is 28.6 Å². The maximum absolute atomic E-state index is 10.8. The van der Waals surface area contributed by atoms with Gasteiger partial charge in [-0.15, -0.1) is 11.3 Å². The second-order valence-electron chi connectivity index (χ2n) is 4.17. The molecule has 2 aromatic rings. The van der Waals surface area contributed by atoms with Crippen molar-refractivity contribution in [1.82, 2.24) is 5.32 Å². The van der Waals surface area contributed by atoms with Gasteiger partial charge in [-0.25, -0.2) is 0 Å². The van der Waals surface area contributed by atoms with Crippen LogP contribution in [0.1, 0.15) is 16.0 Å². The molecule has 0 saturated heterocycles. The molecule has 0 aliphatic carbocycles. The average Bonchev–Trinajstić information content (AvgIpc) is 2.77. The zero-order valence-corrected chi connectivity index (χ0v) is 11.9. The molecule has 0 aliphatic heterocycles. The molecule has 0 spiro atoms. The molecule has 0 amide bonds. The maximum Gasteiger partial charge on any atom is 0.288 e. The van der Waals surface area contributed by atoms with Crippen LogP contribution in [0.25, 0.3) is 0 Å². The van der Waals surface area contributed by atoms with E-state index in [1.165, 1.54) is 16.5 Å². The molecule has 1 aromatic heterocycles. The van der Waals surface area contributed by atoms with Crippen LogP contribution in [0.2, 0.25) is 5.02 Å². The fourth-order valence-corrected chi connectivity index (χ4v) is 2.78. The van der Waals surface area contributed by atoms with Crippen molar-refractivity contribution in [3.8, 4) is 0 Å². The Bertz CT molecular complexity index is 598. The summed E-state index contributed by atoms with van der Waals surface area (Å²) in [5.41, 5.74) is 2.07. The third-order valence-electron chi connectivity index (χ3n) is 2.79. The SMILES string of the molecule is Cc1ccsc1CNCc1ccc(Cl)c([N+](=O)[O-])c1. The molecular formula is C13H13ClN2O2S. The first-order valence-electron chi connectivity index (χ1n) is 5.74. The van der Waals surface area contributed by atoms with Gasteiger partial charge in [-0.05, 0) is 35.6 Å². The highest BCUT2D eigenvalue weighted by Crippen LogP contribution is 2.25. The number of halogens is 1. The zero-order chi connectivity index (χ0) is 13.8. The smallest absolute Gasteiger partial charge is 0.288 e. The molecule has 2 rings (SSSR count). The van der Waals surface area contributed by atoms with Gasteiger partial charge in [0, 0.05) is 24.0 Å². The van der Waals surface area contributed by atoms with Crippen LogP contribution < -0.4 is 5.32 Å². The van der Waals surface area contributed by atoms with Crippen LogP contribution in [0.15, 0.2) is 29.6 Å². The second-order valence-corrected chi connectivity index (χ2v) is 5.58. The van der Waals surface area contributed by atoms with E-state index in [0.717, 1.165) is 12.1 Å². The van der Waals surface area contributed by atoms with E-state index in [9.17, 15) is 10.1 Å². The lowest BCUT2D eigenvalue weighted by molar-refractivity contribution is -0.384. The van der Waals surface area contributed by atoms with Crippen LogP contribution >= 0.6 is 22.9 Å². The molecule has 0 saturated carbocycles. The van der Waals surface area contributed by atoms with E-state index in [2.05, 4.69) is 23.7 Å².